The molecule has 2 nitrogen and oxygen atoms in total. The fourth-order valence-electron chi connectivity index (χ4n) is 1.96. The lowest BCUT2D eigenvalue weighted by Crippen LogP contribution is -2.38. The van der Waals surface area contributed by atoms with E-state index in [4.69, 9.17) is 0 Å². The molecule has 7 heteroatoms. The van der Waals surface area contributed by atoms with Gasteiger partial charge < -0.3 is 0 Å². The van der Waals surface area contributed by atoms with Crippen LogP contribution >= 0.6 is 0 Å². The van der Waals surface area contributed by atoms with Crippen molar-refractivity contribution in [3.05, 3.63) is 23.6 Å². The van der Waals surface area contributed by atoms with Gasteiger partial charge in [0.2, 0.25) is 0 Å². The van der Waals surface area contributed by atoms with Gasteiger partial charge in [0, 0.05) is 12.8 Å². The van der Waals surface area contributed by atoms with Crippen molar-refractivity contribution in [1.82, 2.24) is 5.32 Å². The van der Waals surface area contributed by atoms with E-state index in [9.17, 15) is 22.0 Å². The summed E-state index contributed by atoms with van der Waals surface area (Å²) in [5.41, 5.74) is 0.0939. The predicted octanol–water partition coefficient (Wildman–Crippen LogP) is 2.69. The second-order valence-electron chi connectivity index (χ2n) is 4.14. The zero-order valence-corrected chi connectivity index (χ0v) is 9.22. The molecular formula is C11H11F5N2. The molecule has 0 aromatic heterocycles. The van der Waals surface area contributed by atoms with Crippen LogP contribution in [0.1, 0.15) is 6.42 Å². The first-order valence-corrected chi connectivity index (χ1v) is 5.44. The van der Waals surface area contributed by atoms with Crippen molar-refractivity contribution in [3.63, 3.8) is 0 Å². The summed E-state index contributed by atoms with van der Waals surface area (Å²) in [7, 11) is 0. The van der Waals surface area contributed by atoms with Crippen LogP contribution in [0.15, 0.2) is 28.5 Å². The minimum atomic E-state index is -4.93. The zero-order valence-electron chi connectivity index (χ0n) is 9.22. The Bertz CT molecular complexity index is 410. The molecule has 1 aliphatic carbocycles. The molecule has 3 atom stereocenters. The van der Waals surface area contributed by atoms with E-state index < -0.39 is 30.3 Å². The van der Waals surface area contributed by atoms with Crippen LogP contribution in [0.2, 0.25) is 0 Å². The van der Waals surface area contributed by atoms with E-state index in [1.54, 1.807) is 6.21 Å². The van der Waals surface area contributed by atoms with Gasteiger partial charge in [0.15, 0.2) is 0 Å². The Morgan fingerprint density at radius 2 is 2.06 bits per heavy atom. The molecule has 1 heterocycles. The van der Waals surface area contributed by atoms with Gasteiger partial charge in [0.05, 0.1) is 0 Å². The van der Waals surface area contributed by atoms with E-state index in [1.807, 2.05) is 0 Å². The Labute approximate surface area is 100 Å². The van der Waals surface area contributed by atoms with Crippen molar-refractivity contribution in [3.8, 4) is 0 Å². The monoisotopic (exact) mass is 266 g/mol. The molecule has 0 saturated heterocycles. The molecule has 2 aliphatic rings. The highest BCUT2D eigenvalue weighted by atomic mass is 19.4. The van der Waals surface area contributed by atoms with Crippen molar-refractivity contribution in [1.29, 1.82) is 0 Å². The van der Waals surface area contributed by atoms with Crippen molar-refractivity contribution < 1.29 is 22.0 Å². The lowest BCUT2D eigenvalue weighted by molar-refractivity contribution is -0.179. The van der Waals surface area contributed by atoms with Crippen LogP contribution < -0.4 is 5.32 Å². The van der Waals surface area contributed by atoms with Crippen LogP contribution in [0.5, 0.6) is 0 Å². The zero-order chi connectivity index (χ0) is 13.3. The van der Waals surface area contributed by atoms with Crippen molar-refractivity contribution >= 4 is 6.21 Å². The summed E-state index contributed by atoms with van der Waals surface area (Å²) < 4.78 is 64.1. The number of alkyl halides is 4. The molecule has 0 saturated carbocycles. The van der Waals surface area contributed by atoms with Crippen LogP contribution in [0.25, 0.3) is 0 Å². The molecule has 0 spiro atoms. The van der Waals surface area contributed by atoms with Gasteiger partial charge in [-0.15, -0.1) is 0 Å². The molecule has 0 amide bonds. The SMILES string of the molecule is FC1=CC(C2N=CCCN2)=CC(F)C1C(F)(F)F. The van der Waals surface area contributed by atoms with E-state index >= 15 is 0 Å². The number of rotatable bonds is 1. The summed E-state index contributed by atoms with van der Waals surface area (Å²) in [6.45, 7) is 0.570. The van der Waals surface area contributed by atoms with E-state index in [0.717, 1.165) is 6.08 Å². The lowest BCUT2D eigenvalue weighted by Gasteiger charge is -2.27. The summed E-state index contributed by atoms with van der Waals surface area (Å²) in [6, 6.07) is 0. The first-order chi connectivity index (χ1) is 8.39. The van der Waals surface area contributed by atoms with E-state index in [-0.39, 0.29) is 5.57 Å². The standard InChI is InChI=1S/C11H11F5N2/c12-7-4-6(10-17-2-1-3-18-10)5-8(13)9(7)11(14,15)16/h2,4-5,7,9-10,18H,1,3H2. The third kappa shape index (κ3) is 2.60. The Balaban J connectivity index is 2.23. The third-order valence-corrected chi connectivity index (χ3v) is 2.81. The van der Waals surface area contributed by atoms with Gasteiger partial charge in [0.1, 0.15) is 24.1 Å². The Hall–Kier alpha value is -1.24. The van der Waals surface area contributed by atoms with Crippen LogP contribution in [0.4, 0.5) is 22.0 Å². The second-order valence-corrected chi connectivity index (χ2v) is 4.14. The maximum atomic E-state index is 13.4. The van der Waals surface area contributed by atoms with Crippen molar-refractivity contribution in [2.24, 2.45) is 10.9 Å². The topological polar surface area (TPSA) is 24.4 Å². The molecule has 1 aliphatic heterocycles. The Morgan fingerprint density at radius 3 is 2.56 bits per heavy atom. The molecule has 2 rings (SSSR count). The van der Waals surface area contributed by atoms with Gasteiger partial charge in [-0.1, -0.05) is 0 Å². The van der Waals surface area contributed by atoms with Crippen LogP contribution in [0.3, 0.4) is 0 Å². The van der Waals surface area contributed by atoms with Gasteiger partial charge >= 0.3 is 6.18 Å². The molecule has 0 aromatic rings. The molecule has 0 bridgehead atoms. The van der Waals surface area contributed by atoms with Crippen LogP contribution in [-0.2, 0) is 0 Å². The Morgan fingerprint density at radius 1 is 1.33 bits per heavy atom. The highest BCUT2D eigenvalue weighted by Gasteiger charge is 2.49. The molecule has 3 unspecified atom stereocenters. The summed E-state index contributed by atoms with van der Waals surface area (Å²) >= 11 is 0. The van der Waals surface area contributed by atoms with Crippen molar-refractivity contribution in [2.45, 2.75) is 24.9 Å². The number of hydrogen-bond acceptors (Lipinski definition) is 2. The normalized spacial score (nSPS) is 33.1. The number of hydrogen-bond donors (Lipinski definition) is 1. The summed E-state index contributed by atoms with van der Waals surface area (Å²) in [5.74, 6) is -4.20. The highest BCUT2D eigenvalue weighted by Crippen LogP contribution is 2.40. The smallest absolute Gasteiger partial charge is 0.292 e. The van der Waals surface area contributed by atoms with Gasteiger partial charge in [-0.25, -0.2) is 8.78 Å². The number of nitrogens with zero attached hydrogens (tertiary/aromatic N) is 1. The number of allylic oxidation sites excluding steroid dienone is 2. The Kier molecular flexibility index (Phi) is 3.52. The minimum Gasteiger partial charge on any atom is -0.292 e. The molecular weight excluding hydrogens is 255 g/mol. The predicted molar refractivity (Wildman–Crippen MR) is 56.6 cm³/mol. The maximum absolute atomic E-state index is 13.4. The fraction of sp³-hybridized carbons (Fsp3) is 0.545. The van der Waals surface area contributed by atoms with Gasteiger partial charge in [-0.3, -0.25) is 10.3 Å². The lowest BCUT2D eigenvalue weighted by atomic mass is 9.92. The number of aliphatic imine (C=N–C) groups is 1. The average Bonchev–Trinajstić information content (AvgIpc) is 2.27. The third-order valence-electron chi connectivity index (χ3n) is 2.81. The quantitative estimate of drug-likeness (QED) is 0.725. The number of nitrogens with one attached hydrogen (secondary N) is 1. The summed E-state index contributed by atoms with van der Waals surface area (Å²) in [6.07, 6.45) is -4.25. The van der Waals surface area contributed by atoms with Crippen molar-refractivity contribution in [2.75, 3.05) is 6.54 Å². The molecule has 0 radical (unpaired) electrons. The summed E-state index contributed by atoms with van der Waals surface area (Å²) in [5, 5.41) is 2.86. The molecule has 0 aromatic carbocycles. The van der Waals surface area contributed by atoms with E-state index in [2.05, 4.69) is 10.3 Å². The highest BCUT2D eigenvalue weighted by molar-refractivity contribution is 5.59. The van der Waals surface area contributed by atoms with Gasteiger partial charge in [-0.05, 0) is 24.1 Å². The van der Waals surface area contributed by atoms with E-state index in [0.29, 0.717) is 19.0 Å². The first kappa shape index (κ1) is 13.2. The largest absolute Gasteiger partial charge is 0.401 e. The molecule has 1 N–H and O–H groups in total. The van der Waals surface area contributed by atoms with Crippen LogP contribution in [0, 0.1) is 5.92 Å². The van der Waals surface area contributed by atoms with E-state index in [1.165, 1.54) is 0 Å². The first-order valence-electron chi connectivity index (χ1n) is 5.44. The molecule has 18 heavy (non-hydrogen) atoms. The van der Waals surface area contributed by atoms with Crippen LogP contribution in [-0.4, -0.2) is 31.3 Å². The fourth-order valence-corrected chi connectivity index (χ4v) is 1.96. The molecule has 100 valence electrons. The van der Waals surface area contributed by atoms with Gasteiger partial charge in [0.25, 0.3) is 0 Å². The summed E-state index contributed by atoms with van der Waals surface area (Å²) in [4.78, 5) is 3.95. The maximum Gasteiger partial charge on any atom is 0.401 e. The molecule has 0 fully saturated rings. The second kappa shape index (κ2) is 4.79. The average molecular weight is 266 g/mol. The number of halogens is 5. The minimum absolute atomic E-state index is 0.0939. The van der Waals surface area contributed by atoms with Gasteiger partial charge in [-0.2, -0.15) is 13.2 Å².